The number of aryl methyl sites for hydroxylation is 1. The molecule has 0 aliphatic carbocycles. The van der Waals surface area contributed by atoms with Gasteiger partial charge in [0.2, 0.25) is 0 Å². The molecular weight excluding hydrogens is 114 g/mol. The minimum absolute atomic E-state index is 0.498. The van der Waals surface area contributed by atoms with Crippen molar-refractivity contribution in [3.05, 3.63) is 12.4 Å². The van der Waals surface area contributed by atoms with E-state index in [0.29, 0.717) is 6.04 Å². The Kier molecular flexibility index (Phi) is 1.51. The summed E-state index contributed by atoms with van der Waals surface area (Å²) in [6, 6.07) is 0.498. The lowest BCUT2D eigenvalue weighted by atomic mass is 10.4. The van der Waals surface area contributed by atoms with Gasteiger partial charge < -0.3 is 0 Å². The Labute approximate surface area is 54.9 Å². The van der Waals surface area contributed by atoms with Crippen molar-refractivity contribution in [1.82, 2.24) is 9.78 Å². The molecule has 0 amide bonds. The van der Waals surface area contributed by atoms with Crippen LogP contribution in [0, 0.1) is 0 Å². The zero-order valence-electron chi connectivity index (χ0n) is 6.07. The summed E-state index contributed by atoms with van der Waals surface area (Å²) < 4.78 is 2.06. The summed E-state index contributed by atoms with van der Waals surface area (Å²) in [5, 5.41) is 4.02. The van der Waals surface area contributed by atoms with Gasteiger partial charge in [0.1, 0.15) is 6.20 Å². The zero-order chi connectivity index (χ0) is 6.85. The van der Waals surface area contributed by atoms with Gasteiger partial charge >= 0.3 is 0 Å². The Balaban J connectivity index is 2.94. The molecule has 0 aromatic carbocycles. The Morgan fingerprint density at radius 1 is 1.56 bits per heavy atom. The van der Waals surface area contributed by atoms with Crippen molar-refractivity contribution in [1.29, 1.82) is 0 Å². The third-order valence-corrected chi connectivity index (χ3v) is 1.32. The molecule has 0 atom stereocenters. The lowest BCUT2D eigenvalue weighted by Gasteiger charge is -1.98. The van der Waals surface area contributed by atoms with Gasteiger partial charge in [-0.1, -0.05) is 0 Å². The zero-order valence-corrected chi connectivity index (χ0v) is 6.07. The Morgan fingerprint density at radius 2 is 2.22 bits per heavy atom. The third kappa shape index (κ3) is 1.09. The van der Waals surface area contributed by atoms with Crippen molar-refractivity contribution >= 4 is 0 Å². The Bertz CT molecular complexity index is 190. The van der Waals surface area contributed by atoms with Crippen LogP contribution in [0.1, 0.15) is 19.9 Å². The molecule has 0 spiro atoms. The number of rotatable bonds is 1. The van der Waals surface area contributed by atoms with Crippen LogP contribution in [0.15, 0.2) is 12.4 Å². The molecule has 1 aromatic heterocycles. The normalized spacial score (nSPS) is 10.7. The summed E-state index contributed by atoms with van der Waals surface area (Å²) in [7, 11) is 1.93. The molecule has 0 fully saturated rings. The van der Waals surface area contributed by atoms with Crippen LogP contribution in [0.4, 0.5) is 0 Å². The largest absolute Gasteiger partial charge is 0.191 e. The van der Waals surface area contributed by atoms with E-state index in [1.807, 2.05) is 18.0 Å². The maximum Gasteiger partial charge on any atom is 0.191 e. The summed E-state index contributed by atoms with van der Waals surface area (Å²) in [5.74, 6) is 0. The molecule has 0 N–H and O–H groups in total. The van der Waals surface area contributed by atoms with Crippen LogP contribution in [0.3, 0.4) is 0 Å². The highest BCUT2D eigenvalue weighted by molar-refractivity contribution is 4.62. The average molecular weight is 126 g/mol. The van der Waals surface area contributed by atoms with E-state index in [1.54, 1.807) is 6.20 Å². The highest BCUT2D eigenvalue weighted by Gasteiger charge is 2.05. The van der Waals surface area contributed by atoms with Gasteiger partial charge in [-0.3, -0.25) is 0 Å². The van der Waals surface area contributed by atoms with Crippen molar-refractivity contribution < 1.29 is 4.80 Å². The van der Waals surface area contributed by atoms with Crippen LogP contribution in [-0.2, 0) is 7.05 Å². The second kappa shape index (κ2) is 2.17. The van der Waals surface area contributed by atoms with Crippen molar-refractivity contribution in [3.8, 4) is 0 Å². The molecule has 1 aromatic rings. The SMILES string of the molecule is CC(C)n1ccn[n+]1C. The molecule has 0 saturated carbocycles. The highest BCUT2D eigenvalue weighted by atomic mass is 15.5. The van der Waals surface area contributed by atoms with E-state index >= 15 is 0 Å². The van der Waals surface area contributed by atoms with Gasteiger partial charge in [0, 0.05) is 5.10 Å². The monoisotopic (exact) mass is 126 g/mol. The van der Waals surface area contributed by atoms with Gasteiger partial charge in [0.05, 0.1) is 12.2 Å². The highest BCUT2D eigenvalue weighted by Crippen LogP contribution is 1.95. The molecule has 0 saturated heterocycles. The first kappa shape index (κ1) is 6.26. The van der Waals surface area contributed by atoms with E-state index in [2.05, 4.69) is 23.6 Å². The maximum absolute atomic E-state index is 4.02. The van der Waals surface area contributed by atoms with Crippen LogP contribution in [0.25, 0.3) is 0 Å². The molecule has 0 aliphatic heterocycles. The molecule has 1 heterocycles. The smallest absolute Gasteiger partial charge is 0.133 e. The second-order valence-corrected chi connectivity index (χ2v) is 2.38. The maximum atomic E-state index is 4.02. The van der Waals surface area contributed by atoms with E-state index in [4.69, 9.17) is 0 Å². The first-order valence-corrected chi connectivity index (χ1v) is 3.11. The number of aromatic nitrogens is 3. The van der Waals surface area contributed by atoms with Crippen LogP contribution in [0.2, 0.25) is 0 Å². The number of hydrogen-bond acceptors (Lipinski definition) is 1. The van der Waals surface area contributed by atoms with Crippen molar-refractivity contribution in [2.24, 2.45) is 7.05 Å². The topological polar surface area (TPSA) is 21.7 Å². The first-order valence-electron chi connectivity index (χ1n) is 3.11. The van der Waals surface area contributed by atoms with Gasteiger partial charge in [-0.15, -0.1) is 4.68 Å². The predicted molar refractivity (Wildman–Crippen MR) is 33.8 cm³/mol. The summed E-state index contributed by atoms with van der Waals surface area (Å²) >= 11 is 0. The van der Waals surface area contributed by atoms with Gasteiger partial charge in [0.25, 0.3) is 0 Å². The second-order valence-electron chi connectivity index (χ2n) is 2.38. The fourth-order valence-electron chi connectivity index (χ4n) is 0.857. The van der Waals surface area contributed by atoms with Gasteiger partial charge in [-0.05, 0) is 18.6 Å². The van der Waals surface area contributed by atoms with Crippen molar-refractivity contribution in [3.63, 3.8) is 0 Å². The van der Waals surface area contributed by atoms with Crippen LogP contribution in [0.5, 0.6) is 0 Å². The van der Waals surface area contributed by atoms with E-state index < -0.39 is 0 Å². The molecule has 9 heavy (non-hydrogen) atoms. The standard InChI is InChI=1S/C6H12N3/c1-6(2)9-5-4-7-8(9)3/h4-6H,1-3H3/q+1. The van der Waals surface area contributed by atoms with Crippen LogP contribution >= 0.6 is 0 Å². The molecule has 3 heteroatoms. The van der Waals surface area contributed by atoms with E-state index in [0.717, 1.165) is 0 Å². The lowest BCUT2D eigenvalue weighted by molar-refractivity contribution is -0.807. The Morgan fingerprint density at radius 3 is 2.44 bits per heavy atom. The number of nitrogens with zero attached hydrogens (tertiary/aromatic N) is 3. The molecule has 0 bridgehead atoms. The van der Waals surface area contributed by atoms with E-state index in [1.165, 1.54) is 0 Å². The first-order chi connectivity index (χ1) is 4.22. The summed E-state index contributed by atoms with van der Waals surface area (Å²) in [5.41, 5.74) is 0. The molecule has 0 aliphatic rings. The molecular formula is C6H12N3+. The Hall–Kier alpha value is -0.860. The average Bonchev–Trinajstić information content (AvgIpc) is 2.13. The van der Waals surface area contributed by atoms with Crippen molar-refractivity contribution in [2.75, 3.05) is 0 Å². The molecule has 50 valence electrons. The van der Waals surface area contributed by atoms with Gasteiger partial charge in [-0.25, -0.2) is 0 Å². The van der Waals surface area contributed by atoms with E-state index in [9.17, 15) is 0 Å². The fourth-order valence-corrected chi connectivity index (χ4v) is 0.857. The van der Waals surface area contributed by atoms with Crippen LogP contribution < -0.4 is 4.80 Å². The predicted octanol–water partition coefficient (Wildman–Crippen LogP) is 0.288. The van der Waals surface area contributed by atoms with Gasteiger partial charge in [0.15, 0.2) is 7.05 Å². The molecule has 1 rings (SSSR count). The van der Waals surface area contributed by atoms with E-state index in [-0.39, 0.29) is 0 Å². The fraction of sp³-hybridized carbons (Fsp3) is 0.667. The van der Waals surface area contributed by atoms with Gasteiger partial charge in [-0.2, -0.15) is 0 Å². The number of hydrogen-bond donors (Lipinski definition) is 0. The van der Waals surface area contributed by atoms with Crippen molar-refractivity contribution in [2.45, 2.75) is 19.9 Å². The lowest BCUT2D eigenvalue weighted by Crippen LogP contribution is -2.42. The van der Waals surface area contributed by atoms with Crippen LogP contribution in [-0.4, -0.2) is 9.78 Å². The molecule has 3 nitrogen and oxygen atoms in total. The third-order valence-electron chi connectivity index (χ3n) is 1.32. The molecule has 0 unspecified atom stereocenters. The molecule has 0 radical (unpaired) electrons. The quantitative estimate of drug-likeness (QED) is 0.496. The summed E-state index contributed by atoms with van der Waals surface area (Å²) in [6.07, 6.45) is 3.75. The minimum atomic E-state index is 0.498. The summed E-state index contributed by atoms with van der Waals surface area (Å²) in [6.45, 7) is 4.25. The summed E-state index contributed by atoms with van der Waals surface area (Å²) in [4.78, 5) is 1.82. The minimum Gasteiger partial charge on any atom is -0.133 e.